The molecule has 3 saturated heterocycles. The largest absolute Gasteiger partial charge is 0.507 e. The van der Waals surface area contributed by atoms with Gasteiger partial charge in [0.1, 0.15) is 95.5 Å². The van der Waals surface area contributed by atoms with Crippen molar-refractivity contribution in [3.05, 3.63) is 153 Å². The highest BCUT2D eigenvalue weighted by molar-refractivity contribution is 6.32. The van der Waals surface area contributed by atoms with Gasteiger partial charge in [-0.1, -0.05) is 87.3 Å². The number of carbonyl (C=O) groups is 8. The summed E-state index contributed by atoms with van der Waals surface area (Å²) in [6.07, 6.45) is -17.8. The van der Waals surface area contributed by atoms with Crippen molar-refractivity contribution in [2.45, 2.75) is 253 Å². The lowest BCUT2D eigenvalue weighted by Gasteiger charge is -2.47. The molecule has 39 heteroatoms. The van der Waals surface area contributed by atoms with E-state index in [9.17, 15) is 60.3 Å². The third-order valence-electron chi connectivity index (χ3n) is 24.0. The molecule has 38 nitrogen and oxygen atoms in total. The fraction of sp³-hybridized carbons (Fsp3) is 0.511. The number of fused-ring (bicyclic) bond motifs is 15. The molecule has 1 unspecified atom stereocenters. The van der Waals surface area contributed by atoms with Crippen LogP contribution in [0.4, 0.5) is 0 Å². The van der Waals surface area contributed by atoms with E-state index < -0.39 is 234 Å². The number of nitrogens with one attached hydrogen (secondary N) is 10. The van der Waals surface area contributed by atoms with E-state index in [0.29, 0.717) is 32.5 Å². The van der Waals surface area contributed by atoms with Gasteiger partial charge in [-0.05, 0) is 179 Å². The van der Waals surface area contributed by atoms with Crippen molar-refractivity contribution >= 4 is 58.9 Å². The Balaban J connectivity index is 1.06. The van der Waals surface area contributed by atoms with Crippen LogP contribution in [0.2, 0.25) is 5.02 Å². The highest BCUT2D eigenvalue weighted by Gasteiger charge is 2.53. The highest BCUT2D eigenvalue weighted by Crippen LogP contribution is 2.51. The van der Waals surface area contributed by atoms with E-state index in [2.05, 4.69) is 84.4 Å². The number of amides is 8. The molecule has 0 radical (unpaired) electrons. The summed E-state index contributed by atoms with van der Waals surface area (Å²) in [7, 11) is 2.72. The molecule has 0 aliphatic carbocycles. The quantitative estimate of drug-likeness (QED) is 0.0329. The van der Waals surface area contributed by atoms with Gasteiger partial charge in [-0.2, -0.15) is 0 Å². The van der Waals surface area contributed by atoms with Crippen LogP contribution >= 0.6 is 11.6 Å². The summed E-state index contributed by atoms with van der Waals surface area (Å²) in [5.41, 5.74) is 16.7. The second-order valence-electron chi connectivity index (χ2n) is 34.6. The molecular weight excluding hydrogens is 1700 g/mol. The zero-order valence-corrected chi connectivity index (χ0v) is 73.8. The second-order valence-corrected chi connectivity index (χ2v) is 35.1. The smallest absolute Gasteiger partial charge is 0.248 e. The summed E-state index contributed by atoms with van der Waals surface area (Å²) in [4.78, 5) is 123. The molecule has 8 amide bonds. The first-order chi connectivity index (χ1) is 61.3. The molecule has 129 heavy (non-hydrogen) atoms. The third-order valence-corrected chi connectivity index (χ3v) is 24.3. The standard InChI is InChI=1S/C90H118ClN13O25/c1-10-11-14-44-15-17-45(18-16-44)38-97-27-12-13-28-98-39-53-58(107)34-52-66(73(53)110)51-30-47(21-25-57(51)106)67-84(118)104-71(87(121)102-69(52)83(117)96-9)76(127-64-36-89(6,93)79(113)42(4)122-64)46-19-23-50(24-20-46)124-60-32-49-33-61(77(60)129-88-78(75(112)74(111)62(40-105)126-88)128-65-37-90(7,94)80(114)43(5)123-65)125-59-26-22-48(31-54(59)91)72(109)70(103-81(115)55(95-8)29-41(2)3)86(120)99-56(35-63(92)108)82(116)100-68(49)85(119)101-67/h15-26,30-34,41-43,55-56,62,64-65,67-72,74-76,78-80,88,95,97-98,105-107,109-114H,10-14,27-29,35-40,93-94H2,1-9H3,(H2,92,108)(H,96,117)(H,99,120)(H,100,116)(H,101,119)(H,102,121)(H,103,115)(H,104,118)/t42-,43-,55+,56-,62+,64-,65-,67+,68+,69-,70+,71-,72?,74+,75-,76+,78+,79-,80-,88-,89-,90-/m0/s1. The fourth-order valence-electron chi connectivity index (χ4n) is 16.8. The number of nitrogens with two attached hydrogens (primary N) is 3. The molecule has 0 saturated carbocycles. The average Bonchev–Trinajstić information content (AvgIpc) is 0.747. The van der Waals surface area contributed by atoms with E-state index in [0.717, 1.165) is 61.2 Å². The molecule has 3 fully saturated rings. The van der Waals surface area contributed by atoms with Gasteiger partial charge in [-0.15, -0.1) is 0 Å². The zero-order chi connectivity index (χ0) is 93.4. The Morgan fingerprint density at radius 3 is 1.86 bits per heavy atom. The number of unbranched alkanes of at least 4 members (excludes halogenated alkanes) is 2. The van der Waals surface area contributed by atoms with Crippen LogP contribution in [0.3, 0.4) is 0 Å². The van der Waals surface area contributed by atoms with Crippen LogP contribution in [-0.4, -0.2) is 230 Å². The lowest BCUT2D eigenvalue weighted by atomic mass is 9.86. The molecule has 14 rings (SSSR count). The minimum Gasteiger partial charge on any atom is -0.507 e. The van der Waals surface area contributed by atoms with Gasteiger partial charge in [0.05, 0.1) is 54.1 Å². The molecule has 25 N–H and O–H groups in total. The molecule has 0 spiro atoms. The first-order valence-electron chi connectivity index (χ1n) is 43.2. The Kier molecular flexibility index (Phi) is 31.9. The van der Waals surface area contributed by atoms with E-state index in [1.165, 1.54) is 89.8 Å². The fourth-order valence-corrected chi connectivity index (χ4v) is 17.0. The Morgan fingerprint density at radius 2 is 1.25 bits per heavy atom. The van der Waals surface area contributed by atoms with E-state index in [-0.39, 0.29) is 87.2 Å². The van der Waals surface area contributed by atoms with Crippen LogP contribution in [0.1, 0.15) is 175 Å². The Hall–Kier alpha value is -10.5. The number of aryl methyl sites for hydroxylation is 1. The Labute approximate surface area is 750 Å². The van der Waals surface area contributed by atoms with Gasteiger partial charge in [0.2, 0.25) is 59.3 Å². The number of likely N-dealkylation sites (N-methyl/N-ethyl adjacent to an activating group) is 2. The number of halogens is 1. The number of aliphatic hydroxyl groups is 6. The lowest BCUT2D eigenvalue weighted by Crippen LogP contribution is -2.64. The first kappa shape index (κ1) is 97.6. The zero-order valence-electron chi connectivity index (χ0n) is 73.0. The van der Waals surface area contributed by atoms with Crippen molar-refractivity contribution in [2.75, 3.05) is 33.8 Å². The van der Waals surface area contributed by atoms with Crippen LogP contribution < -0.4 is 84.6 Å². The van der Waals surface area contributed by atoms with Crippen molar-refractivity contribution in [3.63, 3.8) is 0 Å². The predicted molar refractivity (Wildman–Crippen MR) is 465 cm³/mol. The van der Waals surface area contributed by atoms with Crippen LogP contribution in [0.25, 0.3) is 11.1 Å². The molecule has 0 aromatic heterocycles. The van der Waals surface area contributed by atoms with Crippen LogP contribution in [0, 0.1) is 5.92 Å². The maximum atomic E-state index is 16.7. The van der Waals surface area contributed by atoms with Gasteiger partial charge >= 0.3 is 0 Å². The predicted octanol–water partition coefficient (Wildman–Crippen LogP) is 2.35. The number of primary amides is 1. The highest BCUT2D eigenvalue weighted by atomic mass is 35.5. The molecule has 6 aromatic rings. The van der Waals surface area contributed by atoms with Crippen molar-refractivity contribution in [1.29, 1.82) is 0 Å². The molecule has 6 aromatic carbocycles. The van der Waals surface area contributed by atoms with Crippen molar-refractivity contribution < 1.29 is 122 Å². The van der Waals surface area contributed by atoms with Crippen LogP contribution in [0.5, 0.6) is 46.0 Å². The number of aromatic hydroxyl groups is 3. The number of phenols is 3. The van der Waals surface area contributed by atoms with Gasteiger partial charge < -0.3 is 154 Å². The number of rotatable bonds is 27. The maximum absolute atomic E-state index is 16.7. The van der Waals surface area contributed by atoms with E-state index in [1.807, 2.05) is 13.8 Å². The summed E-state index contributed by atoms with van der Waals surface area (Å²) < 4.78 is 52.5. The van der Waals surface area contributed by atoms with Crippen LogP contribution in [-0.2, 0) is 81.6 Å². The second kappa shape index (κ2) is 42.2. The summed E-state index contributed by atoms with van der Waals surface area (Å²) in [5, 5.41) is 135. The van der Waals surface area contributed by atoms with E-state index in [4.69, 9.17) is 66.7 Å². The van der Waals surface area contributed by atoms with Crippen molar-refractivity contribution in [3.8, 4) is 57.1 Å². The number of carbonyl (C=O) groups excluding carboxylic acids is 8. The summed E-state index contributed by atoms with van der Waals surface area (Å²) in [5.74, 6) is -14.0. The average molecular weight is 1820 g/mol. The molecule has 8 aliphatic heterocycles. The van der Waals surface area contributed by atoms with Crippen molar-refractivity contribution in [2.24, 2.45) is 23.1 Å². The molecule has 11 bridgehead atoms. The third kappa shape index (κ3) is 22.8. The minimum absolute atomic E-state index is 0.00559. The lowest BCUT2D eigenvalue weighted by molar-refractivity contribution is -0.333. The van der Waals surface area contributed by atoms with Gasteiger partial charge in [-0.3, -0.25) is 38.4 Å². The SMILES string of the molecule is CCCCc1ccc(CNCCCCNCc2c(O)cc3c(c2O)-c2cc(ccc2O)[C@H]2NC(=O)[C@@H]4NC(=O)[C@H](CC(N)=O)NC(=O)[C@H](NC(=O)[C@@H](CC(C)C)NC)C(O)c5ccc(c(Cl)c5)Oc5cc4cc(c5O[C@@H]4O[C@H](CO)[C@@H](O)[C@H](O)[C@H]4O[C@H]4C[C@](C)(N)[C@@H](O)[C@H](C)O4)Oc4ccc(cc4)[C@@H](O[C@H]4C[C@](C)(N)[C@@H](O)[C@H](C)O4)[C@H](NC2=O)C(=O)N[C@@H]3C(=O)NC)cc1. The molecular formula is C90H118ClN13O25. The molecule has 8 heterocycles. The number of benzene rings is 6. The topological polar surface area (TPSA) is 591 Å². The molecule has 22 atom stereocenters. The first-order valence-corrected chi connectivity index (χ1v) is 43.5. The van der Waals surface area contributed by atoms with Gasteiger partial charge in [0, 0.05) is 55.2 Å². The summed E-state index contributed by atoms with van der Waals surface area (Å²) >= 11 is 7.22. The normalized spacial score (nSPS) is 29.2. The number of ether oxygens (including phenoxy) is 8. The number of aliphatic hydroxyl groups excluding tert-OH is 6. The summed E-state index contributed by atoms with van der Waals surface area (Å²) in [6, 6.07) is 10.4. The number of hydrogen-bond donors (Lipinski definition) is 22. The van der Waals surface area contributed by atoms with Gasteiger partial charge in [0.15, 0.2) is 30.2 Å². The Morgan fingerprint density at radius 1 is 0.643 bits per heavy atom. The molecule has 8 aliphatic rings. The maximum Gasteiger partial charge on any atom is 0.248 e. The van der Waals surface area contributed by atoms with E-state index >= 15 is 24.0 Å². The van der Waals surface area contributed by atoms with E-state index in [1.54, 1.807) is 0 Å². The number of phenolic OH excluding ortho intramolecular Hbond substituents is 3. The minimum atomic E-state index is -2.35. The van der Waals surface area contributed by atoms with Gasteiger partial charge in [0.25, 0.3) is 0 Å². The van der Waals surface area contributed by atoms with Gasteiger partial charge in [-0.25, -0.2) is 0 Å². The van der Waals surface area contributed by atoms with Crippen molar-refractivity contribution in [1.82, 2.24) is 53.2 Å². The number of hydrogen-bond acceptors (Lipinski definition) is 30. The molecule has 700 valence electrons. The van der Waals surface area contributed by atoms with Crippen LogP contribution in [0.15, 0.2) is 103 Å². The summed E-state index contributed by atoms with van der Waals surface area (Å²) in [6.45, 7) is 12.3. The Bertz CT molecular complexity index is 5030. The monoisotopic (exact) mass is 1820 g/mol.